The van der Waals surface area contributed by atoms with Crippen LogP contribution in [0.15, 0.2) is 24.3 Å². The van der Waals surface area contributed by atoms with Gasteiger partial charge in [-0.15, -0.1) is 0 Å². The molecule has 0 saturated carbocycles. The third-order valence-corrected chi connectivity index (χ3v) is 3.78. The molecule has 1 aliphatic rings. The fraction of sp³-hybridized carbons (Fsp3) is 0.562. The summed E-state index contributed by atoms with van der Waals surface area (Å²) in [7, 11) is 1.63. The molecule has 116 valence electrons. The Morgan fingerprint density at radius 1 is 1.38 bits per heavy atom. The van der Waals surface area contributed by atoms with E-state index in [0.29, 0.717) is 25.1 Å². The summed E-state index contributed by atoms with van der Waals surface area (Å²) in [5.74, 6) is 1.29. The van der Waals surface area contributed by atoms with Gasteiger partial charge in [0, 0.05) is 25.3 Å². The summed E-state index contributed by atoms with van der Waals surface area (Å²) in [6, 6.07) is 7.53. The molecule has 21 heavy (non-hydrogen) atoms. The molecular formula is C16H24N2O3. The zero-order valence-electron chi connectivity index (χ0n) is 12.7. The van der Waals surface area contributed by atoms with Crippen LogP contribution in [0.25, 0.3) is 0 Å². The van der Waals surface area contributed by atoms with Gasteiger partial charge in [-0.2, -0.15) is 0 Å². The van der Waals surface area contributed by atoms with Crippen molar-refractivity contribution in [3.8, 4) is 5.75 Å². The highest BCUT2D eigenvalue weighted by Crippen LogP contribution is 2.19. The normalized spacial score (nSPS) is 21.6. The standard InChI is InChI=1S/C16H24N2O3/c1-12-9-13(7-8-21-12)10-17-16(19)18-11-14-5-3-4-6-15(14)20-2/h3-6,12-13H,7-11H2,1-2H3,(H2,17,18,19)/t12-,13+/m0/s1. The van der Waals surface area contributed by atoms with Crippen molar-refractivity contribution >= 4 is 6.03 Å². The summed E-state index contributed by atoms with van der Waals surface area (Å²) < 4.78 is 10.8. The molecule has 0 bridgehead atoms. The summed E-state index contributed by atoms with van der Waals surface area (Å²) in [5.41, 5.74) is 0.967. The second-order valence-electron chi connectivity index (χ2n) is 5.45. The van der Waals surface area contributed by atoms with Crippen LogP contribution in [0.5, 0.6) is 5.75 Å². The Labute approximate surface area is 126 Å². The van der Waals surface area contributed by atoms with Gasteiger partial charge in [-0.05, 0) is 31.7 Å². The van der Waals surface area contributed by atoms with Crippen LogP contribution in [0, 0.1) is 5.92 Å². The molecule has 2 amide bonds. The first-order chi connectivity index (χ1) is 10.2. The number of para-hydroxylation sites is 1. The zero-order chi connectivity index (χ0) is 15.1. The number of carbonyl (C=O) groups excluding carboxylic acids is 1. The zero-order valence-corrected chi connectivity index (χ0v) is 12.7. The van der Waals surface area contributed by atoms with Gasteiger partial charge in [0.1, 0.15) is 5.75 Å². The van der Waals surface area contributed by atoms with Crippen LogP contribution in [0.2, 0.25) is 0 Å². The quantitative estimate of drug-likeness (QED) is 0.875. The van der Waals surface area contributed by atoms with Gasteiger partial charge in [0.25, 0.3) is 0 Å². The highest BCUT2D eigenvalue weighted by Gasteiger charge is 2.19. The molecule has 2 N–H and O–H groups in total. The molecule has 0 aromatic heterocycles. The Balaban J connectivity index is 1.72. The maximum atomic E-state index is 11.8. The lowest BCUT2D eigenvalue weighted by Gasteiger charge is -2.27. The van der Waals surface area contributed by atoms with E-state index in [0.717, 1.165) is 30.8 Å². The van der Waals surface area contributed by atoms with Crippen LogP contribution in [0.3, 0.4) is 0 Å². The van der Waals surface area contributed by atoms with Crippen LogP contribution >= 0.6 is 0 Å². The maximum absolute atomic E-state index is 11.8. The lowest BCUT2D eigenvalue weighted by atomic mass is 9.96. The molecule has 0 radical (unpaired) electrons. The third kappa shape index (κ3) is 4.93. The fourth-order valence-electron chi connectivity index (χ4n) is 2.60. The lowest BCUT2D eigenvalue weighted by Crippen LogP contribution is -2.39. The van der Waals surface area contributed by atoms with Gasteiger partial charge in [0.2, 0.25) is 0 Å². The predicted molar refractivity (Wildman–Crippen MR) is 81.4 cm³/mol. The SMILES string of the molecule is COc1ccccc1CNC(=O)NC[C@@H]1CCO[C@@H](C)C1. The van der Waals surface area contributed by atoms with Gasteiger partial charge >= 0.3 is 6.03 Å². The number of methoxy groups -OCH3 is 1. The summed E-state index contributed by atoms with van der Waals surface area (Å²) in [4.78, 5) is 11.8. The van der Waals surface area contributed by atoms with Crippen molar-refractivity contribution in [1.29, 1.82) is 0 Å². The number of urea groups is 1. The highest BCUT2D eigenvalue weighted by atomic mass is 16.5. The molecule has 0 unspecified atom stereocenters. The first kappa shape index (κ1) is 15.6. The smallest absolute Gasteiger partial charge is 0.315 e. The molecular weight excluding hydrogens is 268 g/mol. The molecule has 2 rings (SSSR count). The molecule has 1 heterocycles. The van der Waals surface area contributed by atoms with Crippen molar-refractivity contribution in [3.63, 3.8) is 0 Å². The molecule has 0 aliphatic carbocycles. The summed E-state index contributed by atoms with van der Waals surface area (Å²) in [6.07, 6.45) is 2.31. The van der Waals surface area contributed by atoms with E-state index in [1.165, 1.54) is 0 Å². The van der Waals surface area contributed by atoms with E-state index < -0.39 is 0 Å². The molecule has 1 aromatic carbocycles. The molecule has 5 heteroatoms. The number of hydrogen-bond acceptors (Lipinski definition) is 3. The molecule has 5 nitrogen and oxygen atoms in total. The van der Waals surface area contributed by atoms with Gasteiger partial charge < -0.3 is 20.1 Å². The number of amides is 2. The topological polar surface area (TPSA) is 59.6 Å². The Morgan fingerprint density at radius 2 is 2.19 bits per heavy atom. The van der Waals surface area contributed by atoms with Crippen molar-refractivity contribution in [2.24, 2.45) is 5.92 Å². The average molecular weight is 292 g/mol. The first-order valence-electron chi connectivity index (χ1n) is 7.44. The van der Waals surface area contributed by atoms with E-state index in [9.17, 15) is 4.79 Å². The predicted octanol–water partition coefficient (Wildman–Crippen LogP) is 2.31. The third-order valence-electron chi connectivity index (χ3n) is 3.78. The van der Waals surface area contributed by atoms with Crippen molar-refractivity contribution in [1.82, 2.24) is 10.6 Å². The van der Waals surface area contributed by atoms with Crippen LogP contribution in [0.4, 0.5) is 4.79 Å². The van der Waals surface area contributed by atoms with Crippen LogP contribution in [0.1, 0.15) is 25.3 Å². The van der Waals surface area contributed by atoms with E-state index in [-0.39, 0.29) is 6.03 Å². The van der Waals surface area contributed by atoms with Crippen molar-refractivity contribution in [3.05, 3.63) is 29.8 Å². The largest absolute Gasteiger partial charge is 0.496 e. The number of benzene rings is 1. The fourth-order valence-corrected chi connectivity index (χ4v) is 2.60. The highest BCUT2D eigenvalue weighted by molar-refractivity contribution is 5.73. The Morgan fingerprint density at radius 3 is 2.95 bits per heavy atom. The van der Waals surface area contributed by atoms with E-state index in [1.807, 2.05) is 24.3 Å². The van der Waals surface area contributed by atoms with E-state index in [1.54, 1.807) is 7.11 Å². The number of carbonyl (C=O) groups is 1. The molecule has 1 saturated heterocycles. The monoisotopic (exact) mass is 292 g/mol. The minimum atomic E-state index is -0.139. The van der Waals surface area contributed by atoms with Gasteiger partial charge in [0.05, 0.1) is 13.2 Å². The van der Waals surface area contributed by atoms with Crippen molar-refractivity contribution < 1.29 is 14.3 Å². The number of rotatable bonds is 5. The molecule has 1 aromatic rings. The summed E-state index contributed by atoms with van der Waals surface area (Å²) >= 11 is 0. The number of ether oxygens (including phenoxy) is 2. The van der Waals surface area contributed by atoms with Gasteiger partial charge in [-0.3, -0.25) is 0 Å². The van der Waals surface area contributed by atoms with Crippen LogP contribution in [-0.2, 0) is 11.3 Å². The van der Waals surface area contributed by atoms with Gasteiger partial charge in [-0.1, -0.05) is 18.2 Å². The Hall–Kier alpha value is -1.75. The first-order valence-corrected chi connectivity index (χ1v) is 7.44. The van der Waals surface area contributed by atoms with Crippen molar-refractivity contribution in [2.45, 2.75) is 32.4 Å². The molecule has 1 aliphatic heterocycles. The van der Waals surface area contributed by atoms with E-state index in [4.69, 9.17) is 9.47 Å². The lowest BCUT2D eigenvalue weighted by molar-refractivity contribution is 0.00346. The second kappa shape index (κ2) is 7.88. The molecule has 1 fully saturated rings. The van der Waals surface area contributed by atoms with E-state index >= 15 is 0 Å². The van der Waals surface area contributed by atoms with Gasteiger partial charge in [0.15, 0.2) is 0 Å². The minimum absolute atomic E-state index is 0.139. The summed E-state index contributed by atoms with van der Waals surface area (Å²) in [6.45, 7) is 4.02. The summed E-state index contributed by atoms with van der Waals surface area (Å²) in [5, 5.41) is 5.80. The minimum Gasteiger partial charge on any atom is -0.496 e. The number of nitrogens with one attached hydrogen (secondary N) is 2. The average Bonchev–Trinajstić information content (AvgIpc) is 2.51. The van der Waals surface area contributed by atoms with Gasteiger partial charge in [-0.25, -0.2) is 4.79 Å². The van der Waals surface area contributed by atoms with Crippen LogP contribution in [-0.4, -0.2) is 32.4 Å². The Bertz CT molecular complexity index is 465. The molecule has 2 atom stereocenters. The number of hydrogen-bond donors (Lipinski definition) is 2. The molecule has 0 spiro atoms. The Kier molecular flexibility index (Phi) is 5.87. The van der Waals surface area contributed by atoms with Crippen LogP contribution < -0.4 is 15.4 Å². The second-order valence-corrected chi connectivity index (χ2v) is 5.45. The van der Waals surface area contributed by atoms with E-state index in [2.05, 4.69) is 17.6 Å². The maximum Gasteiger partial charge on any atom is 0.315 e. The van der Waals surface area contributed by atoms with Crippen molar-refractivity contribution in [2.75, 3.05) is 20.3 Å².